The van der Waals surface area contributed by atoms with E-state index >= 15 is 0 Å². The molecule has 0 fully saturated rings. The fourth-order valence-corrected chi connectivity index (χ4v) is 2.49. The lowest BCUT2D eigenvalue weighted by Gasteiger charge is -2.25. The van der Waals surface area contributed by atoms with Crippen LogP contribution in [-0.4, -0.2) is 49.1 Å². The number of hydrogen-bond acceptors (Lipinski definition) is 7. The predicted molar refractivity (Wildman–Crippen MR) is 75.5 cm³/mol. The molecule has 0 aliphatic carbocycles. The zero-order chi connectivity index (χ0) is 15.1. The Labute approximate surface area is 122 Å². The smallest absolute Gasteiger partial charge is 0.319 e. The van der Waals surface area contributed by atoms with Crippen LogP contribution in [0.4, 0.5) is 0 Å². The molecule has 0 amide bonds. The molecule has 20 heavy (non-hydrogen) atoms. The summed E-state index contributed by atoms with van der Waals surface area (Å²) < 4.78 is 9.32. The summed E-state index contributed by atoms with van der Waals surface area (Å²) in [7, 11) is 2.64. The van der Waals surface area contributed by atoms with E-state index in [1.807, 2.05) is 19.2 Å². The van der Waals surface area contributed by atoms with Crippen molar-refractivity contribution in [1.82, 2.24) is 9.88 Å². The number of thiazole rings is 1. The van der Waals surface area contributed by atoms with Gasteiger partial charge in [-0.3, -0.25) is 14.5 Å². The van der Waals surface area contributed by atoms with Crippen LogP contribution in [0.5, 0.6) is 0 Å². The molecule has 0 aromatic carbocycles. The number of rotatable bonds is 7. The second kappa shape index (κ2) is 7.96. The molecule has 0 saturated heterocycles. The second-order valence-electron chi connectivity index (χ2n) is 4.25. The van der Waals surface area contributed by atoms with Crippen molar-refractivity contribution >= 4 is 23.3 Å². The highest BCUT2D eigenvalue weighted by atomic mass is 32.1. The number of nitrogens with zero attached hydrogens (tertiary/aromatic N) is 2. The van der Waals surface area contributed by atoms with Crippen molar-refractivity contribution in [2.24, 2.45) is 0 Å². The lowest BCUT2D eigenvalue weighted by molar-refractivity contribution is -0.146. The van der Waals surface area contributed by atoms with Gasteiger partial charge in [-0.1, -0.05) is 6.92 Å². The molecule has 6 nitrogen and oxygen atoms in total. The molecule has 0 aliphatic rings. The van der Waals surface area contributed by atoms with Crippen molar-refractivity contribution in [3.63, 3.8) is 0 Å². The Balaban J connectivity index is 2.84. The summed E-state index contributed by atoms with van der Waals surface area (Å²) in [6.45, 7) is 3.98. The van der Waals surface area contributed by atoms with E-state index in [2.05, 4.69) is 14.5 Å². The third-order valence-corrected chi connectivity index (χ3v) is 3.98. The van der Waals surface area contributed by atoms with Crippen molar-refractivity contribution in [2.45, 2.75) is 26.3 Å². The van der Waals surface area contributed by atoms with Crippen molar-refractivity contribution < 1.29 is 19.1 Å². The molecule has 1 atom stereocenters. The molecule has 0 aliphatic heterocycles. The van der Waals surface area contributed by atoms with E-state index in [9.17, 15) is 9.59 Å². The molecule has 1 unspecified atom stereocenters. The van der Waals surface area contributed by atoms with E-state index in [-0.39, 0.29) is 19.1 Å². The molecule has 1 heterocycles. The minimum absolute atomic E-state index is 0.0196. The van der Waals surface area contributed by atoms with Gasteiger partial charge in [-0.05, 0) is 13.3 Å². The highest BCUT2D eigenvalue weighted by Gasteiger charge is 2.23. The Morgan fingerprint density at radius 1 is 1.30 bits per heavy atom. The minimum atomic E-state index is -0.397. The summed E-state index contributed by atoms with van der Waals surface area (Å²) in [6.07, 6.45) is 0.866. The van der Waals surface area contributed by atoms with Crippen molar-refractivity contribution in [2.75, 3.05) is 27.3 Å². The topological polar surface area (TPSA) is 68.7 Å². The Hall–Kier alpha value is -1.47. The van der Waals surface area contributed by atoms with E-state index < -0.39 is 11.9 Å². The van der Waals surface area contributed by atoms with Crippen LogP contribution in [0, 0.1) is 0 Å². The van der Waals surface area contributed by atoms with Crippen LogP contribution >= 0.6 is 11.3 Å². The molecule has 0 N–H and O–H groups in total. The highest BCUT2D eigenvalue weighted by Crippen LogP contribution is 2.22. The fraction of sp³-hybridized carbons (Fsp3) is 0.615. The summed E-state index contributed by atoms with van der Waals surface area (Å²) in [5.74, 6) is -0.793. The largest absolute Gasteiger partial charge is 0.468 e. The monoisotopic (exact) mass is 300 g/mol. The van der Waals surface area contributed by atoms with Gasteiger partial charge in [0.25, 0.3) is 0 Å². The number of aryl methyl sites for hydroxylation is 1. The maximum absolute atomic E-state index is 11.5. The van der Waals surface area contributed by atoms with Crippen LogP contribution < -0.4 is 0 Å². The van der Waals surface area contributed by atoms with Gasteiger partial charge in [0.15, 0.2) is 0 Å². The molecule has 0 bridgehead atoms. The van der Waals surface area contributed by atoms with Gasteiger partial charge >= 0.3 is 11.9 Å². The number of hydrogen-bond donors (Lipinski definition) is 0. The first-order chi connectivity index (χ1) is 9.51. The Bertz CT molecular complexity index is 443. The van der Waals surface area contributed by atoms with E-state index in [4.69, 9.17) is 0 Å². The molecular weight excluding hydrogens is 280 g/mol. The van der Waals surface area contributed by atoms with Gasteiger partial charge in [-0.25, -0.2) is 4.98 Å². The molecular formula is C13H20N2O4S. The van der Waals surface area contributed by atoms with E-state index in [1.165, 1.54) is 14.2 Å². The van der Waals surface area contributed by atoms with Gasteiger partial charge in [-0.2, -0.15) is 0 Å². The maximum Gasteiger partial charge on any atom is 0.319 e. The van der Waals surface area contributed by atoms with Gasteiger partial charge in [0.2, 0.25) is 0 Å². The third-order valence-electron chi connectivity index (χ3n) is 2.97. The van der Waals surface area contributed by atoms with Crippen LogP contribution in [0.3, 0.4) is 0 Å². The van der Waals surface area contributed by atoms with Gasteiger partial charge < -0.3 is 9.47 Å². The van der Waals surface area contributed by atoms with Gasteiger partial charge in [-0.15, -0.1) is 11.3 Å². The molecule has 112 valence electrons. The summed E-state index contributed by atoms with van der Waals surface area (Å²) >= 11 is 1.57. The quantitative estimate of drug-likeness (QED) is 0.709. The normalized spacial score (nSPS) is 12.2. The molecule has 0 radical (unpaired) electrons. The average molecular weight is 300 g/mol. The second-order valence-corrected chi connectivity index (χ2v) is 5.20. The lowest BCUT2D eigenvalue weighted by Crippen LogP contribution is -2.37. The van der Waals surface area contributed by atoms with Crippen LogP contribution in [-0.2, 0) is 25.5 Å². The predicted octanol–water partition coefficient (Wildman–Crippen LogP) is 1.41. The molecule has 1 rings (SSSR count). The van der Waals surface area contributed by atoms with Crippen molar-refractivity contribution in [3.05, 3.63) is 16.1 Å². The maximum atomic E-state index is 11.5. The van der Waals surface area contributed by atoms with Gasteiger partial charge in [0.1, 0.15) is 0 Å². The lowest BCUT2D eigenvalue weighted by atomic mass is 10.2. The number of esters is 2. The average Bonchev–Trinajstić information content (AvgIpc) is 2.94. The van der Waals surface area contributed by atoms with Crippen molar-refractivity contribution in [3.8, 4) is 0 Å². The SMILES string of the molecule is CCc1nc(C(C)N(CC(=O)OC)CC(=O)OC)cs1. The number of carbonyl (C=O) groups is 2. The van der Waals surface area contributed by atoms with E-state index in [0.717, 1.165) is 17.1 Å². The Kier molecular flexibility index (Phi) is 6.60. The zero-order valence-electron chi connectivity index (χ0n) is 12.2. The standard InChI is InChI=1S/C13H20N2O4S/c1-5-11-14-10(8-20-11)9(2)15(6-12(16)18-3)7-13(17)19-4/h8-9H,5-7H2,1-4H3. The van der Waals surface area contributed by atoms with Crippen molar-refractivity contribution in [1.29, 1.82) is 0 Å². The first kappa shape index (κ1) is 16.6. The van der Waals surface area contributed by atoms with Gasteiger partial charge in [0, 0.05) is 5.38 Å². The summed E-state index contributed by atoms with van der Waals surface area (Å²) in [4.78, 5) is 29.1. The number of carbonyl (C=O) groups excluding carboxylic acids is 2. The van der Waals surface area contributed by atoms with Gasteiger partial charge in [0.05, 0.1) is 44.1 Å². The molecule has 1 aromatic heterocycles. The number of methoxy groups -OCH3 is 2. The van der Waals surface area contributed by atoms with Crippen LogP contribution in [0.1, 0.15) is 30.6 Å². The fourth-order valence-electron chi connectivity index (χ4n) is 1.66. The summed E-state index contributed by atoms with van der Waals surface area (Å²) in [5, 5.41) is 2.98. The van der Waals surface area contributed by atoms with E-state index in [1.54, 1.807) is 16.2 Å². The van der Waals surface area contributed by atoms with Crippen LogP contribution in [0.25, 0.3) is 0 Å². The molecule has 0 saturated carbocycles. The Morgan fingerprint density at radius 3 is 2.25 bits per heavy atom. The number of ether oxygens (including phenoxy) is 2. The summed E-state index contributed by atoms with van der Waals surface area (Å²) in [6, 6.07) is -0.162. The van der Waals surface area contributed by atoms with Crippen LogP contribution in [0.15, 0.2) is 5.38 Å². The Morgan fingerprint density at radius 2 is 1.85 bits per heavy atom. The highest BCUT2D eigenvalue weighted by molar-refractivity contribution is 7.09. The third kappa shape index (κ3) is 4.57. The van der Waals surface area contributed by atoms with Crippen LogP contribution in [0.2, 0.25) is 0 Å². The zero-order valence-corrected chi connectivity index (χ0v) is 13.0. The summed E-state index contributed by atoms with van der Waals surface area (Å²) in [5.41, 5.74) is 0.847. The van der Waals surface area contributed by atoms with E-state index in [0.29, 0.717) is 0 Å². The minimum Gasteiger partial charge on any atom is -0.468 e. The number of aromatic nitrogens is 1. The first-order valence-electron chi connectivity index (χ1n) is 6.33. The molecule has 0 spiro atoms. The first-order valence-corrected chi connectivity index (χ1v) is 7.21. The molecule has 7 heteroatoms. The molecule has 1 aromatic rings.